The van der Waals surface area contributed by atoms with Crippen molar-refractivity contribution in [3.8, 4) is 0 Å². The first kappa shape index (κ1) is 5.26. The van der Waals surface area contributed by atoms with Gasteiger partial charge in [0.1, 0.15) is 0 Å². The van der Waals surface area contributed by atoms with Crippen LogP contribution in [0.2, 0.25) is 0 Å². The molecule has 0 saturated heterocycles. The summed E-state index contributed by atoms with van der Waals surface area (Å²) in [7, 11) is 0. The van der Waals surface area contributed by atoms with Gasteiger partial charge in [-0.05, 0) is 0 Å². The maximum absolute atomic E-state index is 2.21. The molecule has 0 bridgehead atoms. The summed E-state index contributed by atoms with van der Waals surface area (Å²) in [6, 6.07) is 0. The van der Waals surface area contributed by atoms with E-state index in [1.165, 1.54) is 12.0 Å². The summed E-state index contributed by atoms with van der Waals surface area (Å²) in [5.74, 6) is 0. The van der Waals surface area contributed by atoms with Crippen LogP contribution in [-0.2, 0) is 18.6 Å². The molecule has 1 rings (SSSR count). The molecule has 0 fully saturated rings. The first-order valence-corrected chi connectivity index (χ1v) is 3.58. The quantitative estimate of drug-likeness (QED) is 0.632. The Morgan fingerprint density at radius 2 is 2.57 bits per heavy atom. The Kier molecular flexibility index (Phi) is 1.45. The van der Waals surface area contributed by atoms with Gasteiger partial charge in [-0.1, -0.05) is 0 Å². The summed E-state index contributed by atoms with van der Waals surface area (Å²) >= 11 is 1.99. The van der Waals surface area contributed by atoms with Gasteiger partial charge >= 0.3 is 53.8 Å². The van der Waals surface area contributed by atoms with Gasteiger partial charge in [0.15, 0.2) is 0 Å². The molecule has 1 aliphatic carbocycles. The number of hydrogen-bond acceptors (Lipinski definition) is 0. The van der Waals surface area contributed by atoms with Gasteiger partial charge in [-0.25, -0.2) is 0 Å². The molecule has 43 valence electrons. The normalized spacial score (nSPS) is 19.1. The average molecular weight is 271 g/mol. The van der Waals surface area contributed by atoms with Crippen molar-refractivity contribution in [2.45, 2.75) is 13.3 Å². The van der Waals surface area contributed by atoms with Crippen LogP contribution in [0.5, 0.6) is 0 Å². The van der Waals surface area contributed by atoms with E-state index in [2.05, 4.69) is 19.1 Å². The van der Waals surface area contributed by atoms with Crippen LogP contribution in [0.4, 0.5) is 0 Å². The summed E-state index contributed by atoms with van der Waals surface area (Å²) in [5, 5.41) is 0. The fourth-order valence-corrected chi connectivity index (χ4v) is 1.10. The van der Waals surface area contributed by atoms with Crippen molar-refractivity contribution in [1.82, 2.24) is 0 Å². The largest absolute Gasteiger partial charge is 1.00 e. The van der Waals surface area contributed by atoms with E-state index in [4.69, 9.17) is 0 Å². The Hall–Kier alpha value is 0.116. The number of rotatable bonds is 0. The first-order valence-electron chi connectivity index (χ1n) is 2.31. The molecule has 0 aliphatic heterocycles. The molecule has 1 aliphatic rings. The van der Waals surface area contributed by atoms with Crippen molar-refractivity contribution in [3.63, 3.8) is 0 Å². The van der Waals surface area contributed by atoms with Gasteiger partial charge in [0, 0.05) is 0 Å². The molecule has 7 heavy (non-hydrogen) atoms. The maximum Gasteiger partial charge on any atom is -1.00 e. The van der Waals surface area contributed by atoms with Crippen LogP contribution in [0.25, 0.3) is 0 Å². The molecule has 0 saturated carbocycles. The van der Waals surface area contributed by atoms with Gasteiger partial charge in [0.05, 0.1) is 0 Å². The summed E-state index contributed by atoms with van der Waals surface area (Å²) < 4.78 is 1.54. The zero-order chi connectivity index (χ0) is 5.28. The number of allylic oxidation sites excluding steroid dienone is 4. The van der Waals surface area contributed by atoms with Gasteiger partial charge < -0.3 is 2.85 Å². The Bertz CT molecular complexity index is 138. The topological polar surface area (TPSA) is 0 Å². The summed E-state index contributed by atoms with van der Waals surface area (Å²) in [5.41, 5.74) is 1.46. The van der Waals surface area contributed by atoms with Crippen LogP contribution in [0, 0.1) is 0 Å². The van der Waals surface area contributed by atoms with E-state index in [-0.39, 0.29) is 2.85 Å². The van der Waals surface area contributed by atoms with Crippen LogP contribution < -0.4 is 0 Å². The average Bonchev–Trinajstić information content (AvgIpc) is 1.91. The van der Waals surface area contributed by atoms with Crippen LogP contribution >= 0.6 is 0 Å². The van der Waals surface area contributed by atoms with Gasteiger partial charge in [0.2, 0.25) is 0 Å². The smallest absolute Gasteiger partial charge is 1.00 e. The van der Waals surface area contributed by atoms with E-state index < -0.39 is 0 Å². The van der Waals surface area contributed by atoms with Crippen molar-refractivity contribution in [2.75, 3.05) is 0 Å². The van der Waals surface area contributed by atoms with E-state index >= 15 is 0 Å². The van der Waals surface area contributed by atoms with E-state index in [0.717, 1.165) is 0 Å². The summed E-state index contributed by atoms with van der Waals surface area (Å²) in [6.45, 7) is 2.16. The minimum Gasteiger partial charge on any atom is -1.00 e. The SMILES string of the molecule is CC1=[C]([Os])CC=C1.[H-].[H-]. The molecular formula is C6H9Os-2. The monoisotopic (exact) mass is 273 g/mol. The van der Waals surface area contributed by atoms with Gasteiger partial charge in [-0.2, -0.15) is 0 Å². The van der Waals surface area contributed by atoms with Crippen molar-refractivity contribution < 1.29 is 21.5 Å². The molecule has 0 amide bonds. The zero-order valence-corrected chi connectivity index (χ0v) is 6.76. The third-order valence-electron chi connectivity index (χ3n) is 1.08. The Morgan fingerprint density at radius 1 is 1.86 bits per heavy atom. The second kappa shape index (κ2) is 1.93. The van der Waals surface area contributed by atoms with Gasteiger partial charge in [-0.3, -0.25) is 0 Å². The predicted octanol–water partition coefficient (Wildman–Crippen LogP) is 1.99. The van der Waals surface area contributed by atoms with Crippen LogP contribution in [0.15, 0.2) is 21.9 Å². The Balaban J connectivity index is 0. The van der Waals surface area contributed by atoms with Gasteiger partial charge in [-0.15, -0.1) is 0 Å². The van der Waals surface area contributed by atoms with Crippen LogP contribution in [0.3, 0.4) is 0 Å². The molecule has 0 aromatic heterocycles. The third kappa shape index (κ3) is 1.01. The molecule has 0 nitrogen and oxygen atoms in total. The minimum absolute atomic E-state index is 0. The maximum atomic E-state index is 2.21. The Morgan fingerprint density at radius 3 is 2.71 bits per heavy atom. The second-order valence-electron chi connectivity index (χ2n) is 1.68. The number of hydrogen-bond donors (Lipinski definition) is 0. The van der Waals surface area contributed by atoms with Crippen molar-refractivity contribution >= 4 is 0 Å². The van der Waals surface area contributed by atoms with E-state index in [0.29, 0.717) is 0 Å². The van der Waals surface area contributed by atoms with Crippen LogP contribution in [0.1, 0.15) is 16.2 Å². The predicted molar refractivity (Wildman–Crippen MR) is 28.7 cm³/mol. The molecule has 0 N–H and O–H groups in total. The van der Waals surface area contributed by atoms with Crippen molar-refractivity contribution in [2.24, 2.45) is 0 Å². The standard InChI is InChI=1S/C6H7.Os.2H/c1-6-4-2-3-5-6;;;/h2,4H,3H2,1H3;;;/q;;2*-1. The van der Waals surface area contributed by atoms with Crippen LogP contribution in [-0.4, -0.2) is 0 Å². The Labute approximate surface area is 57.2 Å². The molecule has 0 heterocycles. The summed E-state index contributed by atoms with van der Waals surface area (Å²) in [4.78, 5) is 0. The van der Waals surface area contributed by atoms with E-state index in [1.807, 2.05) is 18.6 Å². The van der Waals surface area contributed by atoms with Crippen molar-refractivity contribution in [1.29, 1.82) is 0 Å². The van der Waals surface area contributed by atoms with Crippen molar-refractivity contribution in [3.05, 3.63) is 21.9 Å². The molecule has 0 aromatic carbocycles. The fraction of sp³-hybridized carbons (Fsp3) is 0.333. The third-order valence-corrected chi connectivity index (χ3v) is 2.60. The zero-order valence-electron chi connectivity index (χ0n) is 6.22. The molecule has 0 unspecified atom stereocenters. The van der Waals surface area contributed by atoms with E-state index in [1.54, 1.807) is 4.13 Å². The summed E-state index contributed by atoms with van der Waals surface area (Å²) in [6.07, 6.45) is 5.57. The second-order valence-corrected chi connectivity index (χ2v) is 3.21. The first-order chi connectivity index (χ1) is 3.30. The van der Waals surface area contributed by atoms with E-state index in [9.17, 15) is 0 Å². The molecule has 0 radical (unpaired) electrons. The molecular weight excluding hydrogens is 262 g/mol. The molecule has 0 aromatic rings. The fourth-order valence-electron chi connectivity index (χ4n) is 0.586. The molecule has 1 heteroatoms. The molecule has 0 spiro atoms. The van der Waals surface area contributed by atoms with Gasteiger partial charge in [0.25, 0.3) is 0 Å². The molecule has 0 atom stereocenters. The minimum atomic E-state index is 0.